The molecule has 0 fully saturated rings. The largest absolute Gasteiger partial charge is 0.433 e. The number of aldehydes is 1. The van der Waals surface area contributed by atoms with Gasteiger partial charge in [-0.3, -0.25) is 4.79 Å². The maximum Gasteiger partial charge on any atom is 0.260 e. The van der Waals surface area contributed by atoms with Crippen LogP contribution in [0.25, 0.3) is 10.6 Å². The molecule has 0 saturated heterocycles. The zero-order chi connectivity index (χ0) is 8.39. The second-order valence-corrected chi connectivity index (χ2v) is 3.11. The molecule has 0 N–H and O–H groups in total. The Morgan fingerprint density at radius 2 is 2.50 bits per heavy atom. The fraction of sp³-hybridized carbons (Fsp3) is 0. The van der Waals surface area contributed by atoms with Gasteiger partial charge in [0, 0.05) is 0 Å². The number of thiophene rings is 1. The Morgan fingerprint density at radius 3 is 3.08 bits per heavy atom. The second kappa shape index (κ2) is 2.91. The number of hydrogen-bond donors (Lipinski definition) is 0. The van der Waals surface area contributed by atoms with Crippen LogP contribution in [0.5, 0.6) is 0 Å². The minimum absolute atomic E-state index is 0.124. The summed E-state index contributed by atoms with van der Waals surface area (Å²) < 4.78 is 5.11. The van der Waals surface area contributed by atoms with Crippen molar-refractivity contribution in [2.45, 2.75) is 0 Å². The molecule has 60 valence electrons. The number of carbonyl (C=O) groups excluding carboxylic acids is 1. The SMILES string of the molecule is O=Cc1ncc(-c2cccs2)o1. The van der Waals surface area contributed by atoms with Gasteiger partial charge in [0.05, 0.1) is 11.1 Å². The molecule has 0 spiro atoms. The molecule has 0 atom stereocenters. The third-order valence-electron chi connectivity index (χ3n) is 1.39. The lowest BCUT2D eigenvalue weighted by Gasteiger charge is -1.84. The fourth-order valence-electron chi connectivity index (χ4n) is 0.875. The minimum atomic E-state index is 0.124. The van der Waals surface area contributed by atoms with E-state index in [1.165, 1.54) is 0 Å². The van der Waals surface area contributed by atoms with Crippen LogP contribution in [0.15, 0.2) is 28.1 Å². The zero-order valence-electron chi connectivity index (χ0n) is 6.06. The van der Waals surface area contributed by atoms with Gasteiger partial charge in [-0.2, -0.15) is 0 Å². The first-order valence-corrected chi connectivity index (χ1v) is 4.23. The summed E-state index contributed by atoms with van der Waals surface area (Å²) in [5.74, 6) is 0.769. The van der Waals surface area contributed by atoms with E-state index in [1.807, 2.05) is 17.5 Å². The predicted octanol–water partition coefficient (Wildman–Crippen LogP) is 2.22. The topological polar surface area (TPSA) is 43.1 Å². The van der Waals surface area contributed by atoms with E-state index in [-0.39, 0.29) is 5.89 Å². The van der Waals surface area contributed by atoms with Crippen LogP contribution in [0.4, 0.5) is 0 Å². The standard InChI is InChI=1S/C8H5NO2S/c10-5-8-9-4-6(11-8)7-2-1-3-12-7/h1-5H. The van der Waals surface area contributed by atoms with Crippen LogP contribution in [-0.4, -0.2) is 11.3 Å². The lowest BCUT2D eigenvalue weighted by atomic mass is 10.4. The Kier molecular flexibility index (Phi) is 1.75. The molecule has 0 amide bonds. The van der Waals surface area contributed by atoms with Gasteiger partial charge >= 0.3 is 0 Å². The molecule has 0 bridgehead atoms. The maximum absolute atomic E-state index is 10.2. The summed E-state index contributed by atoms with van der Waals surface area (Å²) in [5.41, 5.74) is 0. The molecule has 3 nitrogen and oxygen atoms in total. The number of carbonyl (C=O) groups is 1. The van der Waals surface area contributed by atoms with Crippen molar-refractivity contribution in [1.29, 1.82) is 0 Å². The summed E-state index contributed by atoms with van der Waals surface area (Å²) in [6, 6.07) is 3.84. The molecule has 2 rings (SSSR count). The van der Waals surface area contributed by atoms with Gasteiger partial charge in [0.2, 0.25) is 6.29 Å². The highest BCUT2D eigenvalue weighted by atomic mass is 32.1. The molecule has 0 aromatic carbocycles. The van der Waals surface area contributed by atoms with Crippen LogP contribution in [0.1, 0.15) is 10.7 Å². The number of nitrogens with zero attached hydrogens (tertiary/aromatic N) is 1. The number of oxazole rings is 1. The van der Waals surface area contributed by atoms with Crippen LogP contribution in [0.2, 0.25) is 0 Å². The lowest BCUT2D eigenvalue weighted by molar-refractivity contribution is 0.109. The van der Waals surface area contributed by atoms with Gasteiger partial charge in [-0.25, -0.2) is 4.98 Å². The molecular formula is C8H5NO2S. The highest BCUT2D eigenvalue weighted by molar-refractivity contribution is 7.13. The molecule has 0 aliphatic heterocycles. The third kappa shape index (κ3) is 1.16. The van der Waals surface area contributed by atoms with Crippen LogP contribution >= 0.6 is 11.3 Å². The van der Waals surface area contributed by atoms with E-state index in [4.69, 9.17) is 4.42 Å². The smallest absolute Gasteiger partial charge is 0.260 e. The van der Waals surface area contributed by atoms with Crippen molar-refractivity contribution in [1.82, 2.24) is 4.98 Å². The average Bonchev–Trinajstić information content (AvgIpc) is 2.75. The quantitative estimate of drug-likeness (QED) is 0.664. The molecule has 4 heteroatoms. The summed E-state index contributed by atoms with van der Waals surface area (Å²) in [7, 11) is 0. The third-order valence-corrected chi connectivity index (χ3v) is 2.27. The minimum Gasteiger partial charge on any atom is -0.433 e. The van der Waals surface area contributed by atoms with Crippen LogP contribution in [0.3, 0.4) is 0 Å². The van der Waals surface area contributed by atoms with Gasteiger partial charge in [0.1, 0.15) is 0 Å². The van der Waals surface area contributed by atoms with E-state index in [0.717, 1.165) is 4.88 Å². The van der Waals surface area contributed by atoms with E-state index in [0.29, 0.717) is 12.0 Å². The van der Waals surface area contributed by atoms with Crippen molar-refractivity contribution in [3.05, 3.63) is 29.6 Å². The molecule has 0 aliphatic rings. The summed E-state index contributed by atoms with van der Waals surface area (Å²) >= 11 is 1.55. The molecule has 2 aromatic rings. The molecule has 0 radical (unpaired) electrons. The summed E-state index contributed by atoms with van der Waals surface area (Å²) in [6.07, 6.45) is 2.15. The first-order valence-electron chi connectivity index (χ1n) is 3.35. The predicted molar refractivity (Wildman–Crippen MR) is 45.2 cm³/mol. The lowest BCUT2D eigenvalue weighted by Crippen LogP contribution is -1.72. The van der Waals surface area contributed by atoms with Crippen LogP contribution in [0, 0.1) is 0 Å². The van der Waals surface area contributed by atoms with E-state index in [9.17, 15) is 4.79 Å². The van der Waals surface area contributed by atoms with Gasteiger partial charge in [0.25, 0.3) is 5.89 Å². The summed E-state index contributed by atoms with van der Waals surface area (Å²) in [6.45, 7) is 0. The number of hydrogen-bond acceptors (Lipinski definition) is 4. The Morgan fingerprint density at radius 1 is 1.58 bits per heavy atom. The first-order chi connectivity index (χ1) is 5.90. The van der Waals surface area contributed by atoms with Gasteiger partial charge in [0.15, 0.2) is 5.76 Å². The van der Waals surface area contributed by atoms with E-state index >= 15 is 0 Å². The molecule has 2 aromatic heterocycles. The first kappa shape index (κ1) is 7.24. The van der Waals surface area contributed by atoms with Gasteiger partial charge in [-0.15, -0.1) is 11.3 Å². The summed E-state index contributed by atoms with van der Waals surface area (Å²) in [4.78, 5) is 15.0. The van der Waals surface area contributed by atoms with Crippen molar-refractivity contribution in [2.75, 3.05) is 0 Å². The Bertz CT molecular complexity index is 377. The van der Waals surface area contributed by atoms with Gasteiger partial charge in [-0.1, -0.05) is 6.07 Å². The molecule has 0 aliphatic carbocycles. The Balaban J connectivity index is 2.41. The fourth-order valence-corrected chi connectivity index (χ4v) is 1.55. The highest BCUT2D eigenvalue weighted by Gasteiger charge is 2.04. The molecule has 0 unspecified atom stereocenters. The summed E-state index contributed by atoms with van der Waals surface area (Å²) in [5, 5.41) is 1.94. The zero-order valence-corrected chi connectivity index (χ0v) is 6.88. The van der Waals surface area contributed by atoms with E-state index in [2.05, 4.69) is 4.98 Å². The van der Waals surface area contributed by atoms with Crippen molar-refractivity contribution < 1.29 is 9.21 Å². The van der Waals surface area contributed by atoms with Crippen molar-refractivity contribution in [3.8, 4) is 10.6 Å². The monoisotopic (exact) mass is 179 g/mol. The van der Waals surface area contributed by atoms with Crippen molar-refractivity contribution in [2.24, 2.45) is 0 Å². The van der Waals surface area contributed by atoms with Crippen molar-refractivity contribution >= 4 is 17.6 Å². The van der Waals surface area contributed by atoms with E-state index in [1.54, 1.807) is 17.5 Å². The second-order valence-electron chi connectivity index (χ2n) is 2.16. The maximum atomic E-state index is 10.2. The average molecular weight is 179 g/mol. The Labute approximate surface area is 72.7 Å². The molecule has 2 heterocycles. The molecule has 12 heavy (non-hydrogen) atoms. The van der Waals surface area contributed by atoms with E-state index < -0.39 is 0 Å². The molecule has 0 saturated carbocycles. The number of rotatable bonds is 2. The molecular weight excluding hydrogens is 174 g/mol. The van der Waals surface area contributed by atoms with Crippen LogP contribution in [-0.2, 0) is 0 Å². The number of aromatic nitrogens is 1. The van der Waals surface area contributed by atoms with Crippen LogP contribution < -0.4 is 0 Å². The van der Waals surface area contributed by atoms with Gasteiger partial charge < -0.3 is 4.42 Å². The normalized spacial score (nSPS) is 10.0. The van der Waals surface area contributed by atoms with Crippen molar-refractivity contribution in [3.63, 3.8) is 0 Å². The van der Waals surface area contributed by atoms with Gasteiger partial charge in [-0.05, 0) is 11.4 Å². The highest BCUT2D eigenvalue weighted by Crippen LogP contribution is 2.24. The Hall–Kier alpha value is -1.42.